The average molecular weight is 232 g/mol. The summed E-state index contributed by atoms with van der Waals surface area (Å²) in [5.74, 6) is 0. The smallest absolute Gasteiger partial charge is 0.432 e. The summed E-state index contributed by atoms with van der Waals surface area (Å²) in [5, 5.41) is 0. The number of amidine groups is 1. The van der Waals surface area contributed by atoms with Gasteiger partial charge in [-0.2, -0.15) is 0 Å². The highest BCUT2D eigenvalue weighted by Gasteiger charge is 2.20. The average Bonchev–Trinajstić information content (AvgIpc) is 1.95. The van der Waals surface area contributed by atoms with E-state index in [2.05, 4.69) is 0 Å². The topological polar surface area (TPSA) is 15.5 Å². The lowest BCUT2D eigenvalue weighted by molar-refractivity contribution is -0.480. The minimum absolute atomic E-state index is 0.714. The van der Waals surface area contributed by atoms with E-state index >= 15 is 0 Å². The minimum atomic E-state index is -6.00. The molecule has 0 fully saturated rings. The van der Waals surface area contributed by atoms with Crippen molar-refractivity contribution >= 4 is 13.3 Å². The van der Waals surface area contributed by atoms with Crippen LogP contribution in [0, 0.1) is 0 Å². The number of nitrogens with zero attached hydrogens (tertiary/aromatic N) is 2. The summed E-state index contributed by atoms with van der Waals surface area (Å²) in [4.78, 5) is 1.95. The number of hydrogen-bond donors (Lipinski definition) is 0. The van der Waals surface area contributed by atoms with Crippen LogP contribution < -0.4 is 0 Å². The van der Waals surface area contributed by atoms with E-state index in [4.69, 9.17) is 4.74 Å². The molecule has 0 aliphatic carbocycles. The Morgan fingerprint density at radius 2 is 1.53 bits per heavy atom. The second-order valence-corrected chi connectivity index (χ2v) is 3.00. The van der Waals surface area contributed by atoms with E-state index in [1.165, 1.54) is 0 Å². The Bertz CT molecular complexity index is 196. The van der Waals surface area contributed by atoms with Crippen molar-refractivity contribution in [3.63, 3.8) is 0 Å². The zero-order valence-electron chi connectivity index (χ0n) is 9.60. The number of ether oxygens (including phenoxy) is 1. The van der Waals surface area contributed by atoms with Crippen LogP contribution >= 0.6 is 0 Å². The van der Waals surface area contributed by atoms with E-state index in [-0.39, 0.29) is 0 Å². The molecule has 0 aliphatic rings. The molecule has 0 aromatic heterocycles. The highest BCUT2D eigenvalue weighted by molar-refractivity contribution is 6.50. The van der Waals surface area contributed by atoms with Gasteiger partial charge in [0.1, 0.15) is 0 Å². The molecule has 0 saturated carbocycles. The first-order valence-corrected chi connectivity index (χ1v) is 4.31. The molecule has 0 unspecified atom stereocenters. The molecule has 0 aromatic rings. The van der Waals surface area contributed by atoms with Gasteiger partial charge < -0.3 is 22.0 Å². The summed E-state index contributed by atoms with van der Waals surface area (Å²) in [5.41, 5.74) is 0. The van der Waals surface area contributed by atoms with Crippen LogP contribution in [-0.2, 0) is 4.74 Å². The van der Waals surface area contributed by atoms with Crippen molar-refractivity contribution in [3.8, 4) is 0 Å². The van der Waals surface area contributed by atoms with Crippen LogP contribution in [0.3, 0.4) is 0 Å². The molecule has 8 heteroatoms. The summed E-state index contributed by atoms with van der Waals surface area (Å²) >= 11 is 0. The van der Waals surface area contributed by atoms with Crippen LogP contribution in [0.1, 0.15) is 6.92 Å². The Balaban J connectivity index is 0. The standard InChI is InChI=1S/C7H17N2O.BF4/c1-6-10-7(8(2)3)9(4)5;2-1(3,4)5/h6H2,1-5H3;/q+1;-1. The first-order valence-electron chi connectivity index (χ1n) is 4.31. The summed E-state index contributed by atoms with van der Waals surface area (Å²) in [6, 6.07) is 0.891. The molecule has 0 saturated heterocycles. The summed E-state index contributed by atoms with van der Waals surface area (Å²) in [6.45, 7) is 2.69. The number of rotatable bonds is 1. The molecular formula is C7H17BF4N2O. The lowest BCUT2D eigenvalue weighted by atomic mass is 10.3. The van der Waals surface area contributed by atoms with Crippen molar-refractivity contribution < 1.29 is 26.6 Å². The van der Waals surface area contributed by atoms with E-state index in [1.54, 1.807) is 0 Å². The van der Waals surface area contributed by atoms with Gasteiger partial charge in [-0.15, -0.1) is 0 Å². The molecule has 0 spiro atoms. The largest absolute Gasteiger partial charge is 0.673 e. The minimum Gasteiger partial charge on any atom is -0.432 e. The van der Waals surface area contributed by atoms with Gasteiger partial charge in [-0.3, -0.25) is 0 Å². The Morgan fingerprint density at radius 3 is 1.60 bits per heavy atom. The highest BCUT2D eigenvalue weighted by Crippen LogP contribution is 2.06. The lowest BCUT2D eigenvalue weighted by Gasteiger charge is -2.09. The molecule has 0 rings (SSSR count). The van der Waals surface area contributed by atoms with Gasteiger partial charge in [0.25, 0.3) is 0 Å². The van der Waals surface area contributed by atoms with Crippen molar-refractivity contribution in [2.24, 2.45) is 0 Å². The van der Waals surface area contributed by atoms with E-state index in [9.17, 15) is 17.3 Å². The molecule has 0 aromatic carbocycles. The van der Waals surface area contributed by atoms with Crippen LogP contribution in [-0.4, -0.2) is 57.5 Å². The molecule has 0 atom stereocenters. The molecule has 0 radical (unpaired) electrons. The van der Waals surface area contributed by atoms with Crippen LogP contribution in [0.5, 0.6) is 0 Å². The Morgan fingerprint density at radius 1 is 1.20 bits per heavy atom. The maximum atomic E-state index is 9.75. The van der Waals surface area contributed by atoms with E-state index in [0.29, 0.717) is 6.61 Å². The molecule has 92 valence electrons. The van der Waals surface area contributed by atoms with Crippen molar-refractivity contribution in [3.05, 3.63) is 0 Å². The molecule has 0 amide bonds. The van der Waals surface area contributed by atoms with Crippen LogP contribution in [0.2, 0.25) is 0 Å². The van der Waals surface area contributed by atoms with Gasteiger partial charge >= 0.3 is 13.3 Å². The maximum Gasteiger partial charge on any atom is 0.673 e. The summed E-state index contributed by atoms with van der Waals surface area (Å²) in [6.07, 6.45) is 0. The monoisotopic (exact) mass is 232 g/mol. The maximum absolute atomic E-state index is 9.75. The third kappa shape index (κ3) is 15.8. The highest BCUT2D eigenvalue weighted by atomic mass is 19.5. The van der Waals surface area contributed by atoms with Gasteiger partial charge in [0, 0.05) is 0 Å². The summed E-state index contributed by atoms with van der Waals surface area (Å²) in [7, 11) is 1.85. The molecular weight excluding hydrogens is 215 g/mol. The Hall–Kier alpha value is -0.945. The molecule has 0 aliphatic heterocycles. The fourth-order valence-electron chi connectivity index (χ4n) is 0.787. The fourth-order valence-corrected chi connectivity index (χ4v) is 0.787. The van der Waals surface area contributed by atoms with E-state index < -0.39 is 7.25 Å². The van der Waals surface area contributed by atoms with Gasteiger partial charge in [-0.25, -0.2) is 9.48 Å². The molecule has 15 heavy (non-hydrogen) atoms. The van der Waals surface area contributed by atoms with Crippen LogP contribution in [0.15, 0.2) is 0 Å². The van der Waals surface area contributed by atoms with Crippen molar-refractivity contribution in [1.29, 1.82) is 0 Å². The quantitative estimate of drug-likeness (QED) is 0.224. The Kier molecular flexibility index (Phi) is 8.09. The first kappa shape index (κ1) is 16.5. The van der Waals surface area contributed by atoms with Crippen molar-refractivity contribution in [2.45, 2.75) is 6.92 Å². The van der Waals surface area contributed by atoms with Crippen LogP contribution in [0.25, 0.3) is 0 Å². The second kappa shape index (κ2) is 7.36. The molecule has 3 nitrogen and oxygen atoms in total. The molecule has 0 N–H and O–H groups in total. The third-order valence-corrected chi connectivity index (χ3v) is 1.04. The molecule has 0 bridgehead atoms. The zero-order valence-corrected chi connectivity index (χ0v) is 9.60. The van der Waals surface area contributed by atoms with Crippen molar-refractivity contribution in [1.82, 2.24) is 4.90 Å². The van der Waals surface area contributed by atoms with E-state index in [0.717, 1.165) is 6.02 Å². The van der Waals surface area contributed by atoms with Gasteiger partial charge in [0.15, 0.2) is 0 Å². The van der Waals surface area contributed by atoms with Crippen LogP contribution in [0.4, 0.5) is 17.3 Å². The normalized spacial score (nSPS) is 9.93. The predicted molar refractivity (Wildman–Crippen MR) is 52.6 cm³/mol. The van der Waals surface area contributed by atoms with Crippen molar-refractivity contribution in [2.75, 3.05) is 34.8 Å². The predicted octanol–water partition coefficient (Wildman–Crippen LogP) is 1.51. The molecule has 0 heterocycles. The fraction of sp³-hybridized carbons (Fsp3) is 0.857. The number of halogens is 4. The van der Waals surface area contributed by atoms with E-state index in [1.807, 2.05) is 44.6 Å². The first-order chi connectivity index (χ1) is 6.59. The van der Waals surface area contributed by atoms with Gasteiger partial charge in [0.2, 0.25) is 0 Å². The SMILES string of the molecule is CCOC(N(C)C)=[N+](C)C.F[B-](F)(F)F. The third-order valence-electron chi connectivity index (χ3n) is 1.04. The lowest BCUT2D eigenvalue weighted by Crippen LogP contribution is -2.32. The van der Waals surface area contributed by atoms with Gasteiger partial charge in [0.05, 0.1) is 34.8 Å². The zero-order chi connectivity index (χ0) is 12.6. The summed E-state index contributed by atoms with van der Waals surface area (Å²) < 4.78 is 46.3. The van der Waals surface area contributed by atoms with Gasteiger partial charge in [-0.05, 0) is 6.92 Å². The van der Waals surface area contributed by atoms with Gasteiger partial charge in [-0.1, -0.05) is 0 Å². The second-order valence-electron chi connectivity index (χ2n) is 3.00. The number of hydrogen-bond acceptors (Lipinski definition) is 1. The Labute approximate surface area is 87.4 Å².